The van der Waals surface area contributed by atoms with E-state index in [9.17, 15) is 25.5 Å². The first-order chi connectivity index (χ1) is 9.87. The van der Waals surface area contributed by atoms with Crippen molar-refractivity contribution in [3.63, 3.8) is 0 Å². The molecular formula is C14H20O7. The molecule has 1 aromatic rings. The Hall–Kier alpha value is -1.22. The van der Waals surface area contributed by atoms with E-state index in [2.05, 4.69) is 0 Å². The highest BCUT2D eigenvalue weighted by molar-refractivity contribution is 5.26. The molecule has 0 bridgehead atoms. The topological polar surface area (TPSA) is 131 Å². The summed E-state index contributed by atoms with van der Waals surface area (Å²) >= 11 is 0. The van der Waals surface area contributed by atoms with E-state index >= 15 is 0 Å². The molecule has 1 saturated heterocycles. The van der Waals surface area contributed by atoms with Gasteiger partial charge in [-0.05, 0) is 24.1 Å². The second-order valence-corrected chi connectivity index (χ2v) is 5.28. The molecule has 0 amide bonds. The van der Waals surface area contributed by atoms with Gasteiger partial charge in [0.2, 0.25) is 0 Å². The van der Waals surface area contributed by atoms with Crippen LogP contribution in [0.1, 0.15) is 12.0 Å². The van der Waals surface area contributed by atoms with Gasteiger partial charge in [-0.25, -0.2) is 0 Å². The highest BCUT2D eigenvalue weighted by Gasteiger charge is 2.52. The third-order valence-corrected chi connectivity index (χ3v) is 3.76. The van der Waals surface area contributed by atoms with Gasteiger partial charge in [-0.3, -0.25) is 0 Å². The first-order valence-corrected chi connectivity index (χ1v) is 6.70. The van der Waals surface area contributed by atoms with Gasteiger partial charge < -0.3 is 35.4 Å². The number of hydrogen-bond donors (Lipinski definition) is 6. The van der Waals surface area contributed by atoms with Gasteiger partial charge in [0.25, 0.3) is 0 Å². The second-order valence-electron chi connectivity index (χ2n) is 5.28. The molecule has 1 heterocycles. The minimum absolute atomic E-state index is 0.0424. The van der Waals surface area contributed by atoms with Gasteiger partial charge in [-0.2, -0.15) is 0 Å². The highest BCUT2D eigenvalue weighted by atomic mass is 16.7. The van der Waals surface area contributed by atoms with Gasteiger partial charge in [0.05, 0.1) is 6.61 Å². The van der Waals surface area contributed by atoms with E-state index in [1.807, 2.05) is 0 Å². The Morgan fingerprint density at radius 1 is 1.05 bits per heavy atom. The lowest BCUT2D eigenvalue weighted by Gasteiger charge is -2.45. The van der Waals surface area contributed by atoms with Crippen molar-refractivity contribution in [2.24, 2.45) is 0 Å². The molecule has 0 unspecified atom stereocenters. The summed E-state index contributed by atoms with van der Waals surface area (Å²) in [6.07, 6.45) is -5.67. The minimum atomic E-state index is -2.07. The molecule has 0 aliphatic carbocycles. The van der Waals surface area contributed by atoms with Crippen LogP contribution in [0.25, 0.3) is 0 Å². The van der Waals surface area contributed by atoms with Gasteiger partial charge in [-0.15, -0.1) is 0 Å². The summed E-state index contributed by atoms with van der Waals surface area (Å²) in [6.45, 7) is -0.591. The number of rotatable bonds is 4. The quantitative estimate of drug-likeness (QED) is 0.398. The lowest BCUT2D eigenvalue weighted by atomic mass is 9.89. The molecule has 2 rings (SSSR count). The summed E-state index contributed by atoms with van der Waals surface area (Å²) in [5.41, 5.74) is 0.790. The zero-order valence-electron chi connectivity index (χ0n) is 11.3. The van der Waals surface area contributed by atoms with Crippen LogP contribution in [0.3, 0.4) is 0 Å². The lowest BCUT2D eigenvalue weighted by Crippen LogP contribution is -2.65. The number of benzene rings is 1. The van der Waals surface area contributed by atoms with E-state index in [1.54, 1.807) is 12.1 Å². The van der Waals surface area contributed by atoms with Crippen LogP contribution in [0.2, 0.25) is 0 Å². The number of hydrogen-bond acceptors (Lipinski definition) is 7. The van der Waals surface area contributed by atoms with E-state index in [0.717, 1.165) is 5.56 Å². The SMILES string of the molecule is OC[C@H]1O[C@](O)(CCc2ccc(O)cc2)[C@H](O)[C@@H](O)[C@@H]1O. The fraction of sp³-hybridized carbons (Fsp3) is 0.571. The number of phenols is 1. The van der Waals surface area contributed by atoms with Crippen molar-refractivity contribution in [1.82, 2.24) is 0 Å². The summed E-state index contributed by atoms with van der Waals surface area (Å²) in [5, 5.41) is 57.9. The molecule has 1 aliphatic rings. The van der Waals surface area contributed by atoms with E-state index in [-0.39, 0.29) is 12.2 Å². The van der Waals surface area contributed by atoms with Crippen LogP contribution in [0.5, 0.6) is 5.75 Å². The maximum atomic E-state index is 10.3. The van der Waals surface area contributed by atoms with Crippen molar-refractivity contribution >= 4 is 0 Å². The first-order valence-electron chi connectivity index (χ1n) is 6.70. The van der Waals surface area contributed by atoms with Gasteiger partial charge >= 0.3 is 0 Å². The van der Waals surface area contributed by atoms with Crippen molar-refractivity contribution in [1.29, 1.82) is 0 Å². The average Bonchev–Trinajstić information content (AvgIpc) is 2.49. The third-order valence-electron chi connectivity index (χ3n) is 3.76. The molecule has 21 heavy (non-hydrogen) atoms. The maximum Gasteiger partial charge on any atom is 0.195 e. The zero-order chi connectivity index (χ0) is 15.6. The van der Waals surface area contributed by atoms with E-state index in [1.165, 1.54) is 12.1 Å². The Morgan fingerprint density at radius 3 is 2.24 bits per heavy atom. The third kappa shape index (κ3) is 3.34. The van der Waals surface area contributed by atoms with E-state index < -0.39 is 36.8 Å². The normalized spacial score (nSPS) is 36.6. The summed E-state index contributed by atoms with van der Waals surface area (Å²) in [4.78, 5) is 0. The number of aliphatic hydroxyl groups is 5. The Morgan fingerprint density at radius 2 is 1.67 bits per heavy atom. The average molecular weight is 300 g/mol. The first kappa shape index (κ1) is 16.2. The summed E-state index contributed by atoms with van der Waals surface area (Å²) in [7, 11) is 0. The smallest absolute Gasteiger partial charge is 0.195 e. The highest BCUT2D eigenvalue weighted by Crippen LogP contribution is 2.31. The molecule has 0 saturated carbocycles. The largest absolute Gasteiger partial charge is 0.508 e. The monoisotopic (exact) mass is 300 g/mol. The molecule has 5 atom stereocenters. The Labute approximate surface area is 121 Å². The Kier molecular flexibility index (Phi) is 4.82. The predicted molar refractivity (Wildman–Crippen MR) is 71.4 cm³/mol. The predicted octanol–water partition coefficient (Wildman–Crippen LogP) is -1.51. The maximum absolute atomic E-state index is 10.3. The van der Waals surface area contributed by atoms with Crippen LogP contribution < -0.4 is 0 Å². The molecule has 0 radical (unpaired) electrons. The minimum Gasteiger partial charge on any atom is -0.508 e. The second kappa shape index (κ2) is 6.27. The van der Waals surface area contributed by atoms with E-state index in [4.69, 9.17) is 9.84 Å². The zero-order valence-corrected chi connectivity index (χ0v) is 11.3. The van der Waals surface area contributed by atoms with Crippen molar-refractivity contribution in [2.45, 2.75) is 43.0 Å². The van der Waals surface area contributed by atoms with Gasteiger partial charge in [-0.1, -0.05) is 12.1 Å². The fourth-order valence-electron chi connectivity index (χ4n) is 2.41. The van der Waals surface area contributed by atoms with Crippen molar-refractivity contribution in [3.05, 3.63) is 29.8 Å². The van der Waals surface area contributed by atoms with Crippen LogP contribution in [-0.4, -0.2) is 67.4 Å². The van der Waals surface area contributed by atoms with Gasteiger partial charge in [0.1, 0.15) is 30.2 Å². The van der Waals surface area contributed by atoms with Crippen LogP contribution in [-0.2, 0) is 11.2 Å². The number of aliphatic hydroxyl groups excluding tert-OH is 4. The number of phenolic OH excluding ortho intramolecular Hbond substituents is 1. The fourth-order valence-corrected chi connectivity index (χ4v) is 2.41. The van der Waals surface area contributed by atoms with Gasteiger partial charge in [0.15, 0.2) is 5.79 Å². The molecule has 6 N–H and O–H groups in total. The molecular weight excluding hydrogens is 280 g/mol. The molecule has 0 spiro atoms. The molecule has 7 nitrogen and oxygen atoms in total. The number of ether oxygens (including phenoxy) is 1. The summed E-state index contributed by atoms with van der Waals surface area (Å²) in [6, 6.07) is 6.30. The van der Waals surface area contributed by atoms with Crippen molar-refractivity contribution in [2.75, 3.05) is 6.61 Å². The molecule has 7 heteroatoms. The lowest BCUT2D eigenvalue weighted by molar-refractivity contribution is -0.351. The molecule has 118 valence electrons. The van der Waals surface area contributed by atoms with Crippen LogP contribution in [0, 0.1) is 0 Å². The molecule has 0 aromatic heterocycles. The Bertz CT molecular complexity index is 461. The summed E-state index contributed by atoms with van der Waals surface area (Å²) in [5.74, 6) is -1.95. The Balaban J connectivity index is 2.07. The number of aryl methyl sites for hydroxylation is 1. The van der Waals surface area contributed by atoms with Crippen LogP contribution in [0.4, 0.5) is 0 Å². The van der Waals surface area contributed by atoms with E-state index in [0.29, 0.717) is 6.42 Å². The van der Waals surface area contributed by atoms with Crippen LogP contribution in [0.15, 0.2) is 24.3 Å². The van der Waals surface area contributed by atoms with Crippen molar-refractivity contribution < 1.29 is 35.4 Å². The van der Waals surface area contributed by atoms with Crippen LogP contribution >= 0.6 is 0 Å². The molecule has 1 aliphatic heterocycles. The molecule has 1 aromatic carbocycles. The number of aromatic hydroxyl groups is 1. The summed E-state index contributed by atoms with van der Waals surface area (Å²) < 4.78 is 5.16. The van der Waals surface area contributed by atoms with Gasteiger partial charge in [0, 0.05) is 6.42 Å². The molecule has 1 fully saturated rings. The van der Waals surface area contributed by atoms with Crippen molar-refractivity contribution in [3.8, 4) is 5.75 Å². The standard InChI is InChI=1S/C14H20O7/c15-7-10-11(17)12(18)13(19)14(20,21-10)6-5-8-1-3-9(16)4-2-8/h1-4,10-13,15-20H,5-7H2/t10-,11-,12+,13-,14-/m1/s1.